The average Bonchev–Trinajstić information content (AvgIpc) is 3.02. The van der Waals surface area contributed by atoms with Crippen LogP contribution in [0.1, 0.15) is 32.3 Å². The fourth-order valence-corrected chi connectivity index (χ4v) is 4.77. The maximum Gasteiger partial charge on any atom is 0.146 e. The molecule has 0 N–H and O–H groups in total. The zero-order chi connectivity index (χ0) is 22.0. The summed E-state index contributed by atoms with van der Waals surface area (Å²) >= 11 is 12.4. The summed E-state index contributed by atoms with van der Waals surface area (Å²) in [5.41, 5.74) is 2.15. The van der Waals surface area contributed by atoms with Gasteiger partial charge in [-0.25, -0.2) is 4.39 Å². The van der Waals surface area contributed by atoms with E-state index in [1.165, 1.54) is 17.7 Å². The lowest BCUT2D eigenvalue weighted by Gasteiger charge is -2.37. The molecule has 0 saturated carbocycles. The van der Waals surface area contributed by atoms with Crippen LogP contribution in [0.15, 0.2) is 30.3 Å². The Hall–Kier alpha value is -1.69. The minimum atomic E-state index is -0.352. The van der Waals surface area contributed by atoms with Gasteiger partial charge in [-0.1, -0.05) is 23.2 Å². The number of fused-ring (bicyclic) bond motifs is 1. The van der Waals surface area contributed by atoms with Gasteiger partial charge in [0.05, 0.1) is 17.3 Å². The lowest BCUT2D eigenvalue weighted by Crippen LogP contribution is -2.46. The molecule has 2 aliphatic heterocycles. The molecule has 0 bridgehead atoms. The molecule has 1 fully saturated rings. The summed E-state index contributed by atoms with van der Waals surface area (Å²) in [6.45, 7) is 9.78. The molecule has 4 nitrogen and oxygen atoms in total. The monoisotopic (exact) mass is 466 g/mol. The number of hydrogen-bond acceptors (Lipinski definition) is 4. The normalized spacial score (nSPS) is 18.0. The molecule has 0 unspecified atom stereocenters. The number of rotatable bonds is 7. The molecule has 0 atom stereocenters. The first-order valence-corrected chi connectivity index (χ1v) is 11.6. The van der Waals surface area contributed by atoms with Gasteiger partial charge in [0, 0.05) is 43.2 Å². The lowest BCUT2D eigenvalue weighted by molar-refractivity contribution is 0.138. The summed E-state index contributed by atoms with van der Waals surface area (Å²) in [6, 6.07) is 8.29. The van der Waals surface area contributed by atoms with E-state index in [9.17, 15) is 4.39 Å². The van der Waals surface area contributed by atoms with E-state index in [0.717, 1.165) is 68.4 Å². The van der Waals surface area contributed by atoms with Crippen molar-refractivity contribution in [3.05, 3.63) is 51.8 Å². The SMILES string of the molecule is CC1(C)Cc2cc(Cl)cc(N3CCN(CCCCOc4ccc(F)cc4Cl)CC3)c2O1. The Bertz CT molecular complexity index is 930. The maximum atomic E-state index is 13.1. The third kappa shape index (κ3) is 5.57. The molecule has 0 amide bonds. The third-order valence-electron chi connectivity index (χ3n) is 5.84. The van der Waals surface area contributed by atoms with Crippen LogP contribution >= 0.6 is 23.2 Å². The Morgan fingerprint density at radius 3 is 2.58 bits per heavy atom. The number of ether oxygens (including phenoxy) is 2. The summed E-state index contributed by atoms with van der Waals surface area (Å²) in [7, 11) is 0. The number of hydrogen-bond donors (Lipinski definition) is 0. The highest BCUT2D eigenvalue weighted by atomic mass is 35.5. The van der Waals surface area contributed by atoms with Gasteiger partial charge in [0.1, 0.15) is 22.9 Å². The van der Waals surface area contributed by atoms with Gasteiger partial charge in [-0.2, -0.15) is 0 Å². The molecule has 0 spiro atoms. The average molecular weight is 467 g/mol. The van der Waals surface area contributed by atoms with Gasteiger partial charge in [-0.3, -0.25) is 4.90 Å². The zero-order valence-corrected chi connectivity index (χ0v) is 19.6. The van der Waals surface area contributed by atoms with Gasteiger partial charge in [0.25, 0.3) is 0 Å². The first-order chi connectivity index (χ1) is 14.8. The van der Waals surface area contributed by atoms with Crippen LogP contribution < -0.4 is 14.4 Å². The van der Waals surface area contributed by atoms with Crippen LogP contribution in [0.5, 0.6) is 11.5 Å². The Kier molecular flexibility index (Phi) is 6.85. The molecule has 2 heterocycles. The second-order valence-electron chi connectivity index (χ2n) is 8.91. The van der Waals surface area contributed by atoms with Crippen molar-refractivity contribution < 1.29 is 13.9 Å². The largest absolute Gasteiger partial charge is 0.492 e. The topological polar surface area (TPSA) is 24.9 Å². The van der Waals surface area contributed by atoms with E-state index >= 15 is 0 Å². The van der Waals surface area contributed by atoms with Crippen molar-refractivity contribution in [2.24, 2.45) is 0 Å². The van der Waals surface area contributed by atoms with Crippen molar-refractivity contribution in [3.8, 4) is 11.5 Å². The molecule has 31 heavy (non-hydrogen) atoms. The van der Waals surface area contributed by atoms with E-state index in [1.807, 2.05) is 12.1 Å². The molecule has 0 aromatic heterocycles. The number of anilines is 1. The van der Waals surface area contributed by atoms with E-state index in [-0.39, 0.29) is 11.4 Å². The lowest BCUT2D eigenvalue weighted by atomic mass is 10.0. The van der Waals surface area contributed by atoms with E-state index in [1.54, 1.807) is 6.07 Å². The number of nitrogens with zero attached hydrogens (tertiary/aromatic N) is 2. The van der Waals surface area contributed by atoms with Crippen molar-refractivity contribution in [3.63, 3.8) is 0 Å². The second kappa shape index (κ2) is 9.43. The van der Waals surface area contributed by atoms with Gasteiger partial charge >= 0.3 is 0 Å². The van der Waals surface area contributed by atoms with Crippen LogP contribution in [0.4, 0.5) is 10.1 Å². The molecule has 2 aliphatic rings. The fourth-order valence-electron chi connectivity index (χ4n) is 4.31. The zero-order valence-electron chi connectivity index (χ0n) is 18.1. The summed E-state index contributed by atoms with van der Waals surface area (Å²) in [5.74, 6) is 1.19. The highest BCUT2D eigenvalue weighted by Gasteiger charge is 2.34. The van der Waals surface area contributed by atoms with E-state index < -0.39 is 0 Å². The van der Waals surface area contributed by atoms with Crippen molar-refractivity contribution in [2.75, 3.05) is 44.2 Å². The van der Waals surface area contributed by atoms with Gasteiger partial charge in [-0.05, 0) is 63.6 Å². The highest BCUT2D eigenvalue weighted by Crippen LogP contribution is 2.44. The van der Waals surface area contributed by atoms with Crippen molar-refractivity contribution in [2.45, 2.75) is 38.7 Å². The Balaban J connectivity index is 1.22. The molecule has 0 radical (unpaired) electrons. The molecular formula is C24H29Cl2FN2O2. The van der Waals surface area contributed by atoms with Gasteiger partial charge in [0.2, 0.25) is 0 Å². The van der Waals surface area contributed by atoms with Crippen molar-refractivity contribution in [1.29, 1.82) is 0 Å². The van der Waals surface area contributed by atoms with Crippen LogP contribution in [0.3, 0.4) is 0 Å². The quantitative estimate of drug-likeness (QED) is 0.479. The number of benzene rings is 2. The van der Waals surface area contributed by atoms with E-state index in [0.29, 0.717) is 17.4 Å². The summed E-state index contributed by atoms with van der Waals surface area (Å²) in [6.07, 6.45) is 2.86. The smallest absolute Gasteiger partial charge is 0.146 e. The second-order valence-corrected chi connectivity index (χ2v) is 9.75. The molecule has 1 saturated heterocycles. The van der Waals surface area contributed by atoms with Crippen LogP contribution in [0.2, 0.25) is 10.0 Å². The Morgan fingerprint density at radius 1 is 1.06 bits per heavy atom. The van der Waals surface area contributed by atoms with Gasteiger partial charge in [0.15, 0.2) is 0 Å². The summed E-state index contributed by atoms with van der Waals surface area (Å²) < 4.78 is 25.0. The van der Waals surface area contributed by atoms with Crippen molar-refractivity contribution in [1.82, 2.24) is 4.90 Å². The molecule has 4 rings (SSSR count). The maximum absolute atomic E-state index is 13.1. The third-order valence-corrected chi connectivity index (χ3v) is 6.35. The summed E-state index contributed by atoms with van der Waals surface area (Å²) in [5, 5.41) is 1.09. The standard InChI is InChI=1S/C24H29Cl2FN2O2/c1-24(2)16-17-13-18(25)14-21(23(17)31-24)29-10-8-28(9-11-29)7-3-4-12-30-22-6-5-19(27)15-20(22)26/h5-6,13-15H,3-4,7-12,16H2,1-2H3. The first-order valence-electron chi connectivity index (χ1n) is 10.9. The van der Waals surface area contributed by atoms with E-state index in [4.69, 9.17) is 32.7 Å². The molecule has 7 heteroatoms. The number of unbranched alkanes of at least 4 members (excludes halogenated alkanes) is 1. The summed E-state index contributed by atoms with van der Waals surface area (Å²) in [4.78, 5) is 4.87. The van der Waals surface area contributed by atoms with Crippen LogP contribution in [-0.2, 0) is 6.42 Å². The first kappa shape index (κ1) is 22.5. The van der Waals surface area contributed by atoms with Crippen LogP contribution in [0.25, 0.3) is 0 Å². The molecule has 2 aromatic carbocycles. The molecule has 2 aromatic rings. The van der Waals surface area contributed by atoms with Crippen molar-refractivity contribution >= 4 is 28.9 Å². The predicted molar refractivity (Wildman–Crippen MR) is 125 cm³/mol. The van der Waals surface area contributed by atoms with Gasteiger partial charge in [-0.15, -0.1) is 0 Å². The number of piperazine rings is 1. The predicted octanol–water partition coefficient (Wildman–Crippen LogP) is 5.83. The molecule has 168 valence electrons. The minimum Gasteiger partial charge on any atom is -0.492 e. The molecule has 0 aliphatic carbocycles. The Morgan fingerprint density at radius 2 is 1.84 bits per heavy atom. The fraction of sp³-hybridized carbons (Fsp3) is 0.500. The van der Waals surface area contributed by atoms with Crippen LogP contribution in [-0.4, -0.2) is 49.8 Å². The number of halogens is 3. The Labute approximate surface area is 193 Å². The van der Waals surface area contributed by atoms with E-state index in [2.05, 4.69) is 23.6 Å². The molecular weight excluding hydrogens is 438 g/mol. The highest BCUT2D eigenvalue weighted by molar-refractivity contribution is 6.32. The van der Waals surface area contributed by atoms with Crippen LogP contribution in [0, 0.1) is 5.82 Å². The van der Waals surface area contributed by atoms with Gasteiger partial charge < -0.3 is 14.4 Å². The minimum absolute atomic E-state index is 0.177.